The molecular formula is C12H14ClN. The molecule has 2 aromatic rings. The van der Waals surface area contributed by atoms with Crippen LogP contribution in [0.5, 0.6) is 0 Å². The van der Waals surface area contributed by atoms with E-state index in [0.717, 1.165) is 10.9 Å². The van der Waals surface area contributed by atoms with Gasteiger partial charge in [-0.15, -0.1) is 0 Å². The second-order valence-corrected chi connectivity index (χ2v) is 3.22. The topological polar surface area (TPSA) is 12.9 Å². The summed E-state index contributed by atoms with van der Waals surface area (Å²) in [5, 5.41) is 1.69. The van der Waals surface area contributed by atoms with Crippen molar-refractivity contribution in [3.8, 4) is 0 Å². The normalized spacial score (nSPS) is 9.43. The molecule has 0 unspecified atom stereocenters. The number of pyridine rings is 1. The Labute approximate surface area is 89.7 Å². The zero-order valence-corrected chi connectivity index (χ0v) is 9.47. The smallest absolute Gasteiger partial charge is 0.129 e. The van der Waals surface area contributed by atoms with Gasteiger partial charge in [-0.1, -0.05) is 37.1 Å². The van der Waals surface area contributed by atoms with Gasteiger partial charge in [0.1, 0.15) is 5.15 Å². The van der Waals surface area contributed by atoms with Crippen molar-refractivity contribution in [1.29, 1.82) is 0 Å². The van der Waals surface area contributed by atoms with Gasteiger partial charge in [0.2, 0.25) is 0 Å². The van der Waals surface area contributed by atoms with Gasteiger partial charge in [-0.25, -0.2) is 4.98 Å². The zero-order chi connectivity index (χ0) is 10.6. The maximum absolute atomic E-state index is 5.75. The molecule has 0 saturated heterocycles. The molecule has 0 aliphatic carbocycles. The number of benzene rings is 1. The fraction of sp³-hybridized carbons (Fsp3) is 0.250. The van der Waals surface area contributed by atoms with Gasteiger partial charge < -0.3 is 0 Å². The van der Waals surface area contributed by atoms with Crippen LogP contribution >= 0.6 is 11.6 Å². The lowest BCUT2D eigenvalue weighted by Crippen LogP contribution is -1.79. The Hall–Kier alpha value is -1.08. The monoisotopic (exact) mass is 207 g/mol. The first kappa shape index (κ1) is 11.0. The summed E-state index contributed by atoms with van der Waals surface area (Å²) in [5.74, 6) is 0. The predicted molar refractivity (Wildman–Crippen MR) is 62.8 cm³/mol. The van der Waals surface area contributed by atoms with Crippen LogP contribution in [0.15, 0.2) is 30.3 Å². The summed E-state index contributed by atoms with van der Waals surface area (Å²) in [5.41, 5.74) is 2.19. The highest BCUT2D eigenvalue weighted by molar-refractivity contribution is 6.29. The van der Waals surface area contributed by atoms with Gasteiger partial charge in [-0.3, -0.25) is 0 Å². The average Bonchev–Trinajstić information content (AvgIpc) is 2.21. The van der Waals surface area contributed by atoms with E-state index in [-0.39, 0.29) is 0 Å². The van der Waals surface area contributed by atoms with Crippen molar-refractivity contribution in [2.45, 2.75) is 20.8 Å². The van der Waals surface area contributed by atoms with E-state index in [2.05, 4.69) is 18.0 Å². The molecule has 0 N–H and O–H groups in total. The highest BCUT2D eigenvalue weighted by Gasteiger charge is 1.95. The van der Waals surface area contributed by atoms with Gasteiger partial charge >= 0.3 is 0 Å². The summed E-state index contributed by atoms with van der Waals surface area (Å²) >= 11 is 5.75. The maximum atomic E-state index is 5.75. The number of hydrogen-bond donors (Lipinski definition) is 0. The Morgan fingerprint density at radius 2 is 1.79 bits per heavy atom. The van der Waals surface area contributed by atoms with E-state index in [9.17, 15) is 0 Å². The summed E-state index contributed by atoms with van der Waals surface area (Å²) in [4.78, 5) is 4.18. The van der Waals surface area contributed by atoms with Crippen LogP contribution in [0.25, 0.3) is 10.9 Å². The molecule has 14 heavy (non-hydrogen) atoms. The second kappa shape index (κ2) is 4.97. The first-order chi connectivity index (χ1) is 6.75. The molecule has 0 amide bonds. The highest BCUT2D eigenvalue weighted by Crippen LogP contribution is 2.16. The lowest BCUT2D eigenvalue weighted by Gasteiger charge is -1.98. The van der Waals surface area contributed by atoms with E-state index in [1.54, 1.807) is 0 Å². The number of fused-ring (bicyclic) bond motifs is 1. The molecule has 0 aliphatic rings. The maximum Gasteiger partial charge on any atom is 0.129 e. The molecule has 0 spiro atoms. The minimum atomic E-state index is 0.548. The highest BCUT2D eigenvalue weighted by atomic mass is 35.5. The number of hydrogen-bond acceptors (Lipinski definition) is 1. The first-order valence-corrected chi connectivity index (χ1v) is 5.16. The van der Waals surface area contributed by atoms with Crippen LogP contribution in [0.3, 0.4) is 0 Å². The quantitative estimate of drug-likeness (QED) is 0.590. The first-order valence-electron chi connectivity index (χ1n) is 4.78. The van der Waals surface area contributed by atoms with E-state index < -0.39 is 0 Å². The number of aryl methyl sites for hydroxylation is 1. The average molecular weight is 208 g/mol. The van der Waals surface area contributed by atoms with E-state index in [4.69, 9.17) is 11.6 Å². The van der Waals surface area contributed by atoms with Gasteiger partial charge in [0.05, 0.1) is 5.52 Å². The van der Waals surface area contributed by atoms with Crippen LogP contribution < -0.4 is 0 Å². The van der Waals surface area contributed by atoms with E-state index in [0.29, 0.717) is 5.15 Å². The lowest BCUT2D eigenvalue weighted by atomic mass is 10.1. The summed E-state index contributed by atoms with van der Waals surface area (Å²) in [6.45, 7) is 6.06. The molecule has 1 aromatic carbocycles. The van der Waals surface area contributed by atoms with Crippen molar-refractivity contribution in [1.82, 2.24) is 4.98 Å². The minimum absolute atomic E-state index is 0.548. The molecule has 0 atom stereocenters. The van der Waals surface area contributed by atoms with Crippen molar-refractivity contribution in [3.05, 3.63) is 41.0 Å². The van der Waals surface area contributed by atoms with Crippen LogP contribution in [-0.4, -0.2) is 4.98 Å². The SMILES string of the molecule is CC.Cc1ccc2nc(Cl)ccc2c1. The molecule has 74 valence electrons. The summed E-state index contributed by atoms with van der Waals surface area (Å²) in [6.07, 6.45) is 0. The Morgan fingerprint density at radius 3 is 2.50 bits per heavy atom. The zero-order valence-electron chi connectivity index (χ0n) is 8.71. The number of aromatic nitrogens is 1. The van der Waals surface area contributed by atoms with Crippen molar-refractivity contribution in [3.63, 3.8) is 0 Å². The molecule has 1 nitrogen and oxygen atoms in total. The predicted octanol–water partition coefficient (Wildman–Crippen LogP) is 4.22. The summed E-state index contributed by atoms with van der Waals surface area (Å²) < 4.78 is 0. The molecule has 0 aliphatic heterocycles. The standard InChI is InChI=1S/C10H8ClN.C2H6/c1-7-2-4-9-8(6-7)3-5-10(11)12-9;1-2/h2-6H,1H3;1-2H3. The van der Waals surface area contributed by atoms with Gasteiger partial charge in [-0.2, -0.15) is 0 Å². The van der Waals surface area contributed by atoms with E-state index in [1.165, 1.54) is 5.56 Å². The fourth-order valence-electron chi connectivity index (χ4n) is 1.22. The Bertz CT molecular complexity index is 382. The summed E-state index contributed by atoms with van der Waals surface area (Å²) in [6, 6.07) is 9.90. The summed E-state index contributed by atoms with van der Waals surface area (Å²) in [7, 11) is 0. The molecule has 0 saturated carbocycles. The lowest BCUT2D eigenvalue weighted by molar-refractivity contribution is 1.39. The molecule has 2 heteroatoms. The molecule has 0 bridgehead atoms. The Kier molecular flexibility index (Phi) is 3.90. The Balaban J connectivity index is 0.000000461. The molecule has 1 heterocycles. The third-order valence-electron chi connectivity index (χ3n) is 1.81. The molecule has 0 radical (unpaired) electrons. The number of halogens is 1. The van der Waals surface area contributed by atoms with Crippen molar-refractivity contribution >= 4 is 22.5 Å². The fourth-order valence-corrected chi connectivity index (χ4v) is 1.37. The van der Waals surface area contributed by atoms with Gasteiger partial charge in [0.15, 0.2) is 0 Å². The Morgan fingerprint density at radius 1 is 1.07 bits per heavy atom. The van der Waals surface area contributed by atoms with Crippen LogP contribution in [0.2, 0.25) is 5.15 Å². The third-order valence-corrected chi connectivity index (χ3v) is 2.02. The van der Waals surface area contributed by atoms with Crippen molar-refractivity contribution in [2.24, 2.45) is 0 Å². The number of rotatable bonds is 0. The largest absolute Gasteiger partial charge is 0.236 e. The van der Waals surface area contributed by atoms with Gasteiger partial charge in [-0.05, 0) is 31.2 Å². The second-order valence-electron chi connectivity index (χ2n) is 2.83. The van der Waals surface area contributed by atoms with Crippen LogP contribution in [-0.2, 0) is 0 Å². The molecule has 2 rings (SSSR count). The van der Waals surface area contributed by atoms with Gasteiger partial charge in [0.25, 0.3) is 0 Å². The van der Waals surface area contributed by atoms with Crippen molar-refractivity contribution < 1.29 is 0 Å². The molecule has 1 aromatic heterocycles. The van der Waals surface area contributed by atoms with Crippen molar-refractivity contribution in [2.75, 3.05) is 0 Å². The minimum Gasteiger partial charge on any atom is -0.236 e. The van der Waals surface area contributed by atoms with Crippen LogP contribution in [0.4, 0.5) is 0 Å². The van der Waals surface area contributed by atoms with E-state index in [1.807, 2.05) is 38.1 Å². The van der Waals surface area contributed by atoms with Crippen LogP contribution in [0.1, 0.15) is 19.4 Å². The molecular weight excluding hydrogens is 194 g/mol. The van der Waals surface area contributed by atoms with Gasteiger partial charge in [0, 0.05) is 5.39 Å². The third kappa shape index (κ3) is 2.46. The van der Waals surface area contributed by atoms with E-state index >= 15 is 0 Å². The number of nitrogens with zero attached hydrogens (tertiary/aromatic N) is 1. The van der Waals surface area contributed by atoms with Crippen LogP contribution in [0, 0.1) is 6.92 Å². The molecule has 0 fully saturated rings.